The Labute approximate surface area is 196 Å². The maximum Gasteiger partial charge on any atom is 0.373 e. The number of nitro groups is 1. The molecular weight excluding hydrogens is 460 g/mol. The van der Waals surface area contributed by atoms with Gasteiger partial charge < -0.3 is 10.1 Å². The van der Waals surface area contributed by atoms with Crippen molar-refractivity contribution >= 4 is 27.0 Å². The topological polar surface area (TPSA) is 140 Å². The van der Waals surface area contributed by atoms with Crippen molar-refractivity contribution in [1.29, 1.82) is 0 Å². The fourth-order valence-electron chi connectivity index (χ4n) is 3.69. The highest BCUT2D eigenvalue weighted by molar-refractivity contribution is 7.90. The zero-order chi connectivity index (χ0) is 24.1. The first kappa shape index (κ1) is 23.5. The molecule has 4 rings (SSSR count). The Balaban J connectivity index is 1.44. The predicted molar refractivity (Wildman–Crippen MR) is 125 cm³/mol. The molecule has 0 bridgehead atoms. The van der Waals surface area contributed by atoms with Crippen molar-refractivity contribution in [2.45, 2.75) is 30.4 Å². The number of aromatic nitrogens is 3. The number of nitrogens with one attached hydrogen (secondary N) is 1. The van der Waals surface area contributed by atoms with Gasteiger partial charge in [-0.3, -0.25) is 20.0 Å². The zero-order valence-corrected chi connectivity index (χ0v) is 19.3. The third-order valence-corrected chi connectivity index (χ3v) is 6.57. The molecule has 0 aliphatic carbocycles. The van der Waals surface area contributed by atoms with E-state index in [0.717, 1.165) is 31.6 Å². The molecule has 34 heavy (non-hydrogen) atoms. The number of hydrogen-bond donors (Lipinski definition) is 1. The number of anilines is 2. The third kappa shape index (κ3) is 5.83. The van der Waals surface area contributed by atoms with E-state index in [-0.39, 0.29) is 28.4 Å². The van der Waals surface area contributed by atoms with Gasteiger partial charge in [-0.25, -0.2) is 13.4 Å². The average Bonchev–Trinajstić information content (AvgIpc) is 2.81. The maximum absolute atomic E-state index is 11.8. The number of likely N-dealkylation sites (tertiary alicyclic amines) is 1. The molecule has 1 aliphatic heterocycles. The Hall–Kier alpha value is -3.64. The SMILES string of the molecule is CS(=O)(=O)c1ccc(Nc2ncnc(OC3CCN(Cc4ccccn4)CC3)c2[N+](=O)[O-])cc1. The second-order valence-corrected chi connectivity index (χ2v) is 9.98. The van der Waals surface area contributed by atoms with Crippen LogP contribution in [0.2, 0.25) is 0 Å². The molecule has 1 aliphatic rings. The van der Waals surface area contributed by atoms with E-state index in [1.54, 1.807) is 6.20 Å². The summed E-state index contributed by atoms with van der Waals surface area (Å²) in [5, 5.41) is 14.7. The van der Waals surface area contributed by atoms with Crippen molar-refractivity contribution in [3.63, 3.8) is 0 Å². The van der Waals surface area contributed by atoms with Crippen LogP contribution in [0, 0.1) is 10.1 Å². The predicted octanol–water partition coefficient (Wildman–Crippen LogP) is 2.97. The van der Waals surface area contributed by atoms with Gasteiger partial charge in [0.25, 0.3) is 5.88 Å². The summed E-state index contributed by atoms with van der Waals surface area (Å²) in [5.41, 5.74) is 1.07. The van der Waals surface area contributed by atoms with Gasteiger partial charge in [-0.2, -0.15) is 4.98 Å². The molecule has 0 unspecified atom stereocenters. The molecule has 0 amide bonds. The normalized spacial score (nSPS) is 15.1. The van der Waals surface area contributed by atoms with E-state index in [1.807, 2.05) is 18.2 Å². The standard InChI is InChI=1S/C22H24N6O5S/c1-34(31,32)19-7-5-16(6-8-19)26-21-20(28(29)30)22(25-15-24-21)33-18-9-12-27(13-10-18)14-17-4-2-3-11-23-17/h2-8,11,15,18H,9-10,12-14H2,1H3,(H,24,25,26). The highest BCUT2D eigenvalue weighted by Gasteiger charge is 2.29. The van der Waals surface area contributed by atoms with Gasteiger partial charge >= 0.3 is 5.69 Å². The van der Waals surface area contributed by atoms with Crippen LogP contribution in [-0.2, 0) is 16.4 Å². The zero-order valence-electron chi connectivity index (χ0n) is 18.5. The molecule has 1 N–H and O–H groups in total. The Morgan fingerprint density at radius 1 is 1.12 bits per heavy atom. The molecule has 0 spiro atoms. The summed E-state index contributed by atoms with van der Waals surface area (Å²) in [7, 11) is -3.35. The molecule has 3 heterocycles. The van der Waals surface area contributed by atoms with Gasteiger partial charge in [0.1, 0.15) is 12.4 Å². The first-order valence-electron chi connectivity index (χ1n) is 10.6. The molecule has 1 aromatic carbocycles. The van der Waals surface area contributed by atoms with E-state index < -0.39 is 14.8 Å². The lowest BCUT2D eigenvalue weighted by molar-refractivity contribution is -0.385. The van der Waals surface area contributed by atoms with E-state index in [0.29, 0.717) is 18.5 Å². The maximum atomic E-state index is 11.8. The smallest absolute Gasteiger partial charge is 0.373 e. The molecule has 0 saturated carbocycles. The van der Waals surface area contributed by atoms with Gasteiger partial charge in [0, 0.05) is 37.8 Å². The molecule has 12 heteroatoms. The van der Waals surface area contributed by atoms with Crippen LogP contribution < -0.4 is 10.1 Å². The van der Waals surface area contributed by atoms with E-state index in [9.17, 15) is 18.5 Å². The fourth-order valence-corrected chi connectivity index (χ4v) is 4.32. The second-order valence-electron chi connectivity index (χ2n) is 7.97. The molecule has 0 radical (unpaired) electrons. The van der Waals surface area contributed by atoms with Crippen molar-refractivity contribution < 1.29 is 18.1 Å². The molecule has 1 saturated heterocycles. The molecule has 11 nitrogen and oxygen atoms in total. The minimum atomic E-state index is -3.35. The number of pyridine rings is 1. The Morgan fingerprint density at radius 2 is 1.85 bits per heavy atom. The van der Waals surface area contributed by atoms with Gasteiger partial charge in [0.15, 0.2) is 9.84 Å². The van der Waals surface area contributed by atoms with Crippen LogP contribution >= 0.6 is 0 Å². The number of benzene rings is 1. The molecule has 0 atom stereocenters. The number of rotatable bonds is 8. The molecule has 178 valence electrons. The Kier molecular flexibility index (Phi) is 6.98. The van der Waals surface area contributed by atoms with E-state index >= 15 is 0 Å². The summed E-state index contributed by atoms with van der Waals surface area (Å²) in [4.78, 5) is 26.0. The van der Waals surface area contributed by atoms with Crippen molar-refractivity contribution in [3.05, 3.63) is 70.8 Å². The number of ether oxygens (including phenoxy) is 1. The van der Waals surface area contributed by atoms with Crippen molar-refractivity contribution in [1.82, 2.24) is 19.9 Å². The first-order chi connectivity index (χ1) is 16.3. The minimum Gasteiger partial charge on any atom is -0.469 e. The lowest BCUT2D eigenvalue weighted by Gasteiger charge is -2.31. The highest BCUT2D eigenvalue weighted by atomic mass is 32.2. The van der Waals surface area contributed by atoms with E-state index in [2.05, 4.69) is 25.2 Å². The van der Waals surface area contributed by atoms with Gasteiger partial charge in [0.2, 0.25) is 5.82 Å². The van der Waals surface area contributed by atoms with Crippen molar-refractivity contribution in [2.75, 3.05) is 24.7 Å². The number of hydrogen-bond acceptors (Lipinski definition) is 10. The summed E-state index contributed by atoms with van der Waals surface area (Å²) in [6.07, 6.45) is 5.26. The number of nitrogens with zero attached hydrogens (tertiary/aromatic N) is 5. The van der Waals surface area contributed by atoms with E-state index in [1.165, 1.54) is 30.6 Å². The van der Waals surface area contributed by atoms with Crippen LogP contribution in [0.1, 0.15) is 18.5 Å². The van der Waals surface area contributed by atoms with Gasteiger partial charge in [0.05, 0.1) is 15.5 Å². The lowest BCUT2D eigenvalue weighted by Crippen LogP contribution is -2.38. The van der Waals surface area contributed by atoms with Crippen LogP contribution in [0.4, 0.5) is 17.2 Å². The van der Waals surface area contributed by atoms with Crippen LogP contribution in [-0.4, -0.2) is 58.6 Å². The average molecular weight is 485 g/mol. The van der Waals surface area contributed by atoms with Crippen molar-refractivity contribution in [3.8, 4) is 5.88 Å². The van der Waals surface area contributed by atoms with Crippen LogP contribution in [0.25, 0.3) is 0 Å². The number of piperidine rings is 1. The summed E-state index contributed by atoms with van der Waals surface area (Å²) in [6.45, 7) is 2.29. The minimum absolute atomic E-state index is 0.0327. The first-order valence-corrected chi connectivity index (χ1v) is 12.5. The summed E-state index contributed by atoms with van der Waals surface area (Å²) in [5.74, 6) is -0.131. The van der Waals surface area contributed by atoms with Crippen LogP contribution in [0.15, 0.2) is 59.9 Å². The molecule has 2 aromatic heterocycles. The third-order valence-electron chi connectivity index (χ3n) is 5.44. The van der Waals surface area contributed by atoms with Crippen LogP contribution in [0.3, 0.4) is 0 Å². The van der Waals surface area contributed by atoms with Gasteiger partial charge in [-0.15, -0.1) is 0 Å². The quantitative estimate of drug-likeness (QED) is 0.375. The fraction of sp³-hybridized carbons (Fsp3) is 0.318. The molecule has 3 aromatic rings. The highest BCUT2D eigenvalue weighted by Crippen LogP contribution is 2.34. The van der Waals surface area contributed by atoms with Gasteiger partial charge in [-0.1, -0.05) is 6.07 Å². The van der Waals surface area contributed by atoms with E-state index in [4.69, 9.17) is 4.74 Å². The largest absolute Gasteiger partial charge is 0.469 e. The second kappa shape index (κ2) is 10.1. The van der Waals surface area contributed by atoms with Crippen LogP contribution in [0.5, 0.6) is 5.88 Å². The number of sulfone groups is 1. The molecule has 1 fully saturated rings. The monoisotopic (exact) mass is 484 g/mol. The summed E-state index contributed by atoms with van der Waals surface area (Å²) >= 11 is 0. The van der Waals surface area contributed by atoms with Crippen molar-refractivity contribution in [2.24, 2.45) is 0 Å². The Morgan fingerprint density at radius 3 is 2.47 bits per heavy atom. The molecular formula is C22H24N6O5S. The lowest BCUT2D eigenvalue weighted by atomic mass is 10.1. The Bertz CT molecular complexity index is 1250. The summed E-state index contributed by atoms with van der Waals surface area (Å²) in [6, 6.07) is 11.7. The van der Waals surface area contributed by atoms with Gasteiger partial charge in [-0.05, 0) is 49.2 Å². The summed E-state index contributed by atoms with van der Waals surface area (Å²) < 4.78 is 29.2.